The molecule has 0 radical (unpaired) electrons. The van der Waals surface area contributed by atoms with Crippen molar-refractivity contribution in [3.8, 4) is 0 Å². The number of nitrogens with one attached hydrogen (secondary N) is 1. The van der Waals surface area contributed by atoms with E-state index in [4.69, 9.17) is 4.74 Å². The maximum Gasteiger partial charge on any atom is 0.410 e. The molecular weight excluding hydrogens is 228 g/mol. The van der Waals surface area contributed by atoms with E-state index in [1.54, 1.807) is 0 Å². The van der Waals surface area contributed by atoms with Crippen molar-refractivity contribution in [2.75, 3.05) is 13.1 Å². The Kier molecular flexibility index (Phi) is 3.19. The lowest BCUT2D eigenvalue weighted by molar-refractivity contribution is 0.0648. The first kappa shape index (κ1) is 11.5. The molecule has 0 bridgehead atoms. The van der Waals surface area contributed by atoms with Crippen LogP contribution in [0.15, 0.2) is 30.3 Å². The van der Waals surface area contributed by atoms with E-state index < -0.39 is 0 Å². The van der Waals surface area contributed by atoms with Gasteiger partial charge >= 0.3 is 6.09 Å². The third-order valence-electron chi connectivity index (χ3n) is 3.51. The summed E-state index contributed by atoms with van der Waals surface area (Å²) in [5.74, 6) is 0. The molecule has 1 amide bonds. The van der Waals surface area contributed by atoms with Crippen molar-refractivity contribution in [2.45, 2.75) is 31.5 Å². The van der Waals surface area contributed by atoms with Gasteiger partial charge in [0.25, 0.3) is 0 Å². The lowest BCUT2D eigenvalue weighted by Gasteiger charge is -2.37. The van der Waals surface area contributed by atoms with Gasteiger partial charge in [0.05, 0.1) is 6.04 Å². The van der Waals surface area contributed by atoms with E-state index in [-0.39, 0.29) is 6.09 Å². The highest BCUT2D eigenvalue weighted by atomic mass is 16.6. The predicted molar refractivity (Wildman–Crippen MR) is 68.1 cm³/mol. The zero-order chi connectivity index (χ0) is 12.4. The Bertz CT molecular complexity index is 413. The van der Waals surface area contributed by atoms with Crippen LogP contribution in [-0.4, -0.2) is 36.2 Å². The maximum atomic E-state index is 12.1. The second-order valence-corrected chi connectivity index (χ2v) is 4.99. The zero-order valence-corrected chi connectivity index (χ0v) is 10.3. The molecule has 18 heavy (non-hydrogen) atoms. The summed E-state index contributed by atoms with van der Waals surface area (Å²) < 4.78 is 5.41. The van der Waals surface area contributed by atoms with E-state index in [0.29, 0.717) is 18.7 Å². The second-order valence-electron chi connectivity index (χ2n) is 4.99. The number of carbonyl (C=O) groups is 1. The van der Waals surface area contributed by atoms with Crippen molar-refractivity contribution in [3.05, 3.63) is 35.9 Å². The quantitative estimate of drug-likeness (QED) is 0.880. The highest BCUT2D eigenvalue weighted by molar-refractivity contribution is 5.69. The molecule has 2 fully saturated rings. The molecule has 1 aliphatic carbocycles. The monoisotopic (exact) mass is 246 g/mol. The van der Waals surface area contributed by atoms with Crippen molar-refractivity contribution in [1.29, 1.82) is 0 Å². The molecule has 4 nitrogen and oxygen atoms in total. The Morgan fingerprint density at radius 1 is 1.22 bits per heavy atom. The molecule has 3 rings (SSSR count). The number of hydrogen-bond donors (Lipinski definition) is 1. The average Bonchev–Trinajstić information content (AvgIpc) is 3.16. The van der Waals surface area contributed by atoms with E-state index in [2.05, 4.69) is 5.32 Å². The predicted octanol–water partition coefficient (Wildman–Crippen LogP) is 1.76. The summed E-state index contributed by atoms with van der Waals surface area (Å²) >= 11 is 0. The molecule has 1 N–H and O–H groups in total. The van der Waals surface area contributed by atoms with Gasteiger partial charge in [-0.3, -0.25) is 4.90 Å². The van der Waals surface area contributed by atoms with Crippen molar-refractivity contribution < 1.29 is 9.53 Å². The number of rotatable bonds is 4. The summed E-state index contributed by atoms with van der Waals surface area (Å²) in [6.45, 7) is 2.16. The largest absolute Gasteiger partial charge is 0.445 e. The Balaban J connectivity index is 1.56. The third kappa shape index (κ3) is 2.48. The van der Waals surface area contributed by atoms with Gasteiger partial charge in [-0.25, -0.2) is 4.79 Å². The molecule has 1 heterocycles. The van der Waals surface area contributed by atoms with Gasteiger partial charge in [0, 0.05) is 19.1 Å². The maximum absolute atomic E-state index is 12.1. The molecule has 1 aliphatic heterocycles. The number of benzene rings is 1. The lowest BCUT2D eigenvalue weighted by Crippen LogP contribution is -2.59. The molecule has 1 aromatic rings. The van der Waals surface area contributed by atoms with Crippen LogP contribution in [0.1, 0.15) is 18.4 Å². The highest BCUT2D eigenvalue weighted by Gasteiger charge is 2.40. The van der Waals surface area contributed by atoms with Crippen molar-refractivity contribution in [1.82, 2.24) is 10.2 Å². The lowest BCUT2D eigenvalue weighted by atomic mass is 10.1. The number of hydrogen-bond acceptors (Lipinski definition) is 3. The van der Waals surface area contributed by atoms with E-state index in [1.807, 2.05) is 35.2 Å². The second kappa shape index (κ2) is 4.98. The number of carbonyl (C=O) groups excluding carboxylic acids is 1. The third-order valence-corrected chi connectivity index (χ3v) is 3.51. The first-order chi connectivity index (χ1) is 8.84. The Hall–Kier alpha value is -1.55. The summed E-state index contributed by atoms with van der Waals surface area (Å²) in [4.78, 5) is 14.0. The zero-order valence-electron chi connectivity index (χ0n) is 10.3. The van der Waals surface area contributed by atoms with Crippen LogP contribution in [0.2, 0.25) is 0 Å². The summed E-state index contributed by atoms with van der Waals surface area (Å²) in [5, 5.41) is 3.20. The first-order valence-electron chi connectivity index (χ1n) is 6.54. The Morgan fingerprint density at radius 2 is 1.94 bits per heavy atom. The van der Waals surface area contributed by atoms with Gasteiger partial charge in [0.15, 0.2) is 0 Å². The van der Waals surface area contributed by atoms with Crippen LogP contribution >= 0.6 is 0 Å². The van der Waals surface area contributed by atoms with Crippen LogP contribution in [0.3, 0.4) is 0 Å². The van der Waals surface area contributed by atoms with E-state index in [1.165, 1.54) is 0 Å². The fraction of sp³-hybridized carbons (Fsp3) is 0.500. The van der Waals surface area contributed by atoms with Crippen LogP contribution in [0.5, 0.6) is 0 Å². The molecule has 2 aliphatic rings. The van der Waals surface area contributed by atoms with Crippen LogP contribution < -0.4 is 5.32 Å². The summed E-state index contributed by atoms with van der Waals surface area (Å²) in [7, 11) is 0. The number of ether oxygens (including phenoxy) is 1. The van der Waals surface area contributed by atoms with Gasteiger partial charge in [-0.2, -0.15) is 0 Å². The molecular formula is C14H18N2O2. The highest BCUT2D eigenvalue weighted by Crippen LogP contribution is 2.30. The minimum absolute atomic E-state index is 0.159. The van der Waals surface area contributed by atoms with Gasteiger partial charge < -0.3 is 10.1 Å². The minimum atomic E-state index is -0.159. The molecule has 96 valence electrons. The van der Waals surface area contributed by atoms with E-state index in [9.17, 15) is 4.79 Å². The minimum Gasteiger partial charge on any atom is -0.445 e. The molecule has 1 aromatic carbocycles. The van der Waals surface area contributed by atoms with Crippen molar-refractivity contribution in [3.63, 3.8) is 0 Å². The van der Waals surface area contributed by atoms with Gasteiger partial charge in [0.2, 0.25) is 0 Å². The Labute approximate surface area is 107 Å². The van der Waals surface area contributed by atoms with Crippen LogP contribution in [0.4, 0.5) is 4.79 Å². The average molecular weight is 246 g/mol. The van der Waals surface area contributed by atoms with Crippen LogP contribution in [-0.2, 0) is 11.3 Å². The van der Waals surface area contributed by atoms with Crippen LogP contribution in [0, 0.1) is 0 Å². The fourth-order valence-electron chi connectivity index (χ4n) is 2.21. The number of nitrogens with zero attached hydrogens (tertiary/aromatic N) is 1. The van der Waals surface area contributed by atoms with Crippen molar-refractivity contribution >= 4 is 6.09 Å². The van der Waals surface area contributed by atoms with Gasteiger partial charge in [0.1, 0.15) is 6.61 Å². The standard InChI is InChI=1S/C14H18N2O2/c17-14(18-10-11-4-2-1-3-5-11)16(12-6-7-12)13-8-15-9-13/h1-5,12-13,15H,6-10H2. The van der Waals surface area contributed by atoms with E-state index in [0.717, 1.165) is 31.5 Å². The molecule has 1 saturated carbocycles. The van der Waals surface area contributed by atoms with Gasteiger partial charge in [-0.05, 0) is 18.4 Å². The molecule has 4 heteroatoms. The molecule has 0 atom stereocenters. The van der Waals surface area contributed by atoms with Crippen molar-refractivity contribution in [2.24, 2.45) is 0 Å². The molecule has 1 saturated heterocycles. The molecule has 0 spiro atoms. The summed E-state index contributed by atoms with van der Waals surface area (Å²) in [6, 6.07) is 10.6. The summed E-state index contributed by atoms with van der Waals surface area (Å²) in [5.41, 5.74) is 1.04. The van der Waals surface area contributed by atoms with Gasteiger partial charge in [-0.1, -0.05) is 30.3 Å². The number of amides is 1. The van der Waals surface area contributed by atoms with Crippen LogP contribution in [0.25, 0.3) is 0 Å². The molecule has 0 aromatic heterocycles. The topological polar surface area (TPSA) is 41.6 Å². The Morgan fingerprint density at radius 3 is 2.50 bits per heavy atom. The first-order valence-corrected chi connectivity index (χ1v) is 6.54. The van der Waals surface area contributed by atoms with E-state index >= 15 is 0 Å². The fourth-order valence-corrected chi connectivity index (χ4v) is 2.21. The normalized spacial score (nSPS) is 19.1. The summed E-state index contributed by atoms with van der Waals surface area (Å²) in [6.07, 6.45) is 2.08. The molecule has 0 unspecified atom stereocenters. The smallest absolute Gasteiger partial charge is 0.410 e. The van der Waals surface area contributed by atoms with Gasteiger partial charge in [-0.15, -0.1) is 0 Å². The SMILES string of the molecule is O=C(OCc1ccccc1)N(C1CC1)C1CNC1.